The second kappa shape index (κ2) is 6.39. The summed E-state index contributed by atoms with van der Waals surface area (Å²) < 4.78 is 31.2. The van der Waals surface area contributed by atoms with Gasteiger partial charge < -0.3 is 4.74 Å². The third-order valence-electron chi connectivity index (χ3n) is 3.49. The molecular formula is C12H19N3O4S2. The van der Waals surface area contributed by atoms with Crippen molar-refractivity contribution in [3.63, 3.8) is 0 Å². The zero-order valence-electron chi connectivity index (χ0n) is 12.3. The molecule has 1 aromatic heterocycles. The molecule has 1 fully saturated rings. The highest BCUT2D eigenvalue weighted by Crippen LogP contribution is 2.25. The van der Waals surface area contributed by atoms with Crippen LogP contribution in [0, 0.1) is 0 Å². The average Bonchev–Trinajstić information content (AvgIpc) is 2.96. The van der Waals surface area contributed by atoms with Crippen molar-refractivity contribution in [2.75, 3.05) is 33.3 Å². The van der Waals surface area contributed by atoms with Crippen LogP contribution >= 0.6 is 11.3 Å². The Labute approximate surface area is 128 Å². The fraction of sp³-hybridized carbons (Fsp3) is 0.667. The van der Waals surface area contributed by atoms with Crippen molar-refractivity contribution < 1.29 is 17.9 Å². The summed E-state index contributed by atoms with van der Waals surface area (Å²) in [5.74, 6) is -0.726. The van der Waals surface area contributed by atoms with E-state index in [1.54, 1.807) is 0 Å². The van der Waals surface area contributed by atoms with Gasteiger partial charge in [-0.05, 0) is 13.8 Å². The van der Waals surface area contributed by atoms with Crippen LogP contribution in [0.15, 0.2) is 9.72 Å². The third-order valence-corrected chi connectivity index (χ3v) is 6.74. The summed E-state index contributed by atoms with van der Waals surface area (Å²) in [6.07, 6.45) is 0. The van der Waals surface area contributed by atoms with Crippen LogP contribution in [-0.2, 0) is 14.8 Å². The Kier molecular flexibility index (Phi) is 4.97. The van der Waals surface area contributed by atoms with E-state index in [9.17, 15) is 13.2 Å². The molecule has 0 aliphatic carbocycles. The summed E-state index contributed by atoms with van der Waals surface area (Å²) in [7, 11) is -2.48. The predicted molar refractivity (Wildman–Crippen MR) is 78.9 cm³/mol. The van der Waals surface area contributed by atoms with Crippen LogP contribution in [0.25, 0.3) is 0 Å². The van der Waals surface area contributed by atoms with Gasteiger partial charge in [-0.15, -0.1) is 11.3 Å². The molecular weight excluding hydrogens is 314 g/mol. The number of piperazine rings is 1. The van der Waals surface area contributed by atoms with Crippen molar-refractivity contribution >= 4 is 27.3 Å². The van der Waals surface area contributed by atoms with Crippen LogP contribution < -0.4 is 0 Å². The molecule has 0 atom stereocenters. The lowest BCUT2D eigenvalue weighted by Crippen LogP contribution is -2.50. The van der Waals surface area contributed by atoms with E-state index in [2.05, 4.69) is 28.5 Å². The number of carbonyl (C=O) groups is 1. The van der Waals surface area contributed by atoms with Gasteiger partial charge in [0.25, 0.3) is 10.0 Å². The molecule has 118 valence electrons. The molecule has 0 saturated carbocycles. The molecule has 0 radical (unpaired) electrons. The van der Waals surface area contributed by atoms with E-state index >= 15 is 0 Å². The van der Waals surface area contributed by atoms with Gasteiger partial charge in [0.05, 0.1) is 12.6 Å². The van der Waals surface area contributed by atoms with Crippen molar-refractivity contribution in [2.24, 2.45) is 0 Å². The molecule has 0 amide bonds. The molecule has 1 saturated heterocycles. The van der Waals surface area contributed by atoms with Crippen LogP contribution in [0.1, 0.15) is 24.3 Å². The van der Waals surface area contributed by atoms with Gasteiger partial charge in [-0.3, -0.25) is 4.90 Å². The predicted octanol–water partition coefficient (Wildman–Crippen LogP) is 0.644. The monoisotopic (exact) mass is 333 g/mol. The van der Waals surface area contributed by atoms with Crippen molar-refractivity contribution in [3.05, 3.63) is 11.2 Å². The smallest absolute Gasteiger partial charge is 0.358 e. The SMILES string of the molecule is COC(=O)c1ncsc1S(=O)(=O)N1CCN(C(C)C)CC1. The summed E-state index contributed by atoms with van der Waals surface area (Å²) in [5, 5.41) is 0. The maximum Gasteiger partial charge on any atom is 0.358 e. The first-order chi connectivity index (χ1) is 9.87. The Bertz CT molecular complexity index is 604. The number of nitrogens with zero attached hydrogens (tertiary/aromatic N) is 3. The van der Waals surface area contributed by atoms with Gasteiger partial charge >= 0.3 is 5.97 Å². The van der Waals surface area contributed by atoms with Gasteiger partial charge in [-0.2, -0.15) is 4.31 Å². The van der Waals surface area contributed by atoms with E-state index in [-0.39, 0.29) is 9.90 Å². The van der Waals surface area contributed by atoms with Crippen molar-refractivity contribution in [1.29, 1.82) is 0 Å². The zero-order valence-corrected chi connectivity index (χ0v) is 13.9. The second-order valence-corrected chi connectivity index (χ2v) is 8.00. The van der Waals surface area contributed by atoms with Gasteiger partial charge in [0.15, 0.2) is 9.90 Å². The van der Waals surface area contributed by atoms with Gasteiger partial charge in [0, 0.05) is 32.2 Å². The molecule has 21 heavy (non-hydrogen) atoms. The van der Waals surface area contributed by atoms with Crippen LogP contribution in [0.5, 0.6) is 0 Å². The number of esters is 1. The maximum absolute atomic E-state index is 12.6. The summed E-state index contributed by atoms with van der Waals surface area (Å²) in [5.41, 5.74) is 1.22. The Morgan fingerprint density at radius 2 is 1.95 bits per heavy atom. The van der Waals surface area contributed by atoms with Gasteiger partial charge in [0.1, 0.15) is 0 Å². The molecule has 0 unspecified atom stereocenters. The summed E-state index contributed by atoms with van der Waals surface area (Å²) in [4.78, 5) is 17.6. The molecule has 0 aromatic carbocycles. The van der Waals surface area contributed by atoms with E-state index in [4.69, 9.17) is 0 Å². The first-order valence-electron chi connectivity index (χ1n) is 6.64. The number of hydrogen-bond donors (Lipinski definition) is 0. The standard InChI is InChI=1S/C12H19N3O4S2/c1-9(2)14-4-6-15(7-5-14)21(17,18)12-10(11(16)19-3)13-8-20-12/h8-9H,4-7H2,1-3H3. The Hall–Kier alpha value is -1.03. The van der Waals surface area contributed by atoms with E-state index in [1.165, 1.54) is 16.9 Å². The summed E-state index contributed by atoms with van der Waals surface area (Å²) in [6.45, 7) is 6.37. The number of sulfonamides is 1. The molecule has 2 rings (SSSR count). The molecule has 0 bridgehead atoms. The number of ether oxygens (including phenoxy) is 1. The highest BCUT2D eigenvalue weighted by atomic mass is 32.2. The first-order valence-corrected chi connectivity index (χ1v) is 8.96. The van der Waals surface area contributed by atoms with E-state index in [1.807, 2.05) is 0 Å². The lowest BCUT2D eigenvalue weighted by atomic mass is 10.3. The minimum Gasteiger partial charge on any atom is -0.464 e. The Balaban J connectivity index is 2.20. The molecule has 9 heteroatoms. The zero-order chi connectivity index (χ0) is 15.6. The van der Waals surface area contributed by atoms with Gasteiger partial charge in [0.2, 0.25) is 0 Å². The Morgan fingerprint density at radius 1 is 1.33 bits per heavy atom. The van der Waals surface area contributed by atoms with Crippen LogP contribution in [0.4, 0.5) is 0 Å². The van der Waals surface area contributed by atoms with Gasteiger partial charge in [-0.25, -0.2) is 18.2 Å². The lowest BCUT2D eigenvalue weighted by molar-refractivity contribution is 0.0590. The van der Waals surface area contributed by atoms with E-state index in [0.717, 1.165) is 11.3 Å². The average molecular weight is 333 g/mol. The molecule has 1 aromatic rings. The van der Waals surface area contributed by atoms with E-state index < -0.39 is 16.0 Å². The topological polar surface area (TPSA) is 79.8 Å². The highest BCUT2D eigenvalue weighted by Gasteiger charge is 2.34. The summed E-state index contributed by atoms with van der Waals surface area (Å²) in [6, 6.07) is 0.392. The quantitative estimate of drug-likeness (QED) is 0.753. The van der Waals surface area contributed by atoms with Crippen LogP contribution in [0.2, 0.25) is 0 Å². The third kappa shape index (κ3) is 3.25. The molecule has 1 aliphatic heterocycles. The molecule has 2 heterocycles. The maximum atomic E-state index is 12.6. The normalized spacial score (nSPS) is 18.1. The van der Waals surface area contributed by atoms with Gasteiger partial charge in [-0.1, -0.05) is 0 Å². The fourth-order valence-corrected chi connectivity index (χ4v) is 4.92. The summed E-state index contributed by atoms with van der Waals surface area (Å²) >= 11 is 0.946. The Morgan fingerprint density at radius 3 is 2.48 bits per heavy atom. The molecule has 0 N–H and O–H groups in total. The van der Waals surface area contributed by atoms with Crippen molar-refractivity contribution in [3.8, 4) is 0 Å². The minimum atomic E-state index is -3.69. The minimum absolute atomic E-state index is 0.0349. The second-order valence-electron chi connectivity index (χ2n) is 5.01. The number of hydrogen-bond acceptors (Lipinski definition) is 7. The first kappa shape index (κ1) is 16.3. The number of rotatable bonds is 4. The van der Waals surface area contributed by atoms with Crippen molar-refractivity contribution in [2.45, 2.75) is 24.1 Å². The number of carbonyl (C=O) groups excluding carboxylic acids is 1. The highest BCUT2D eigenvalue weighted by molar-refractivity contribution is 7.91. The van der Waals surface area contributed by atoms with Crippen LogP contribution in [0.3, 0.4) is 0 Å². The number of aromatic nitrogens is 1. The molecule has 1 aliphatic rings. The molecule has 7 nitrogen and oxygen atoms in total. The number of thiazole rings is 1. The fourth-order valence-electron chi connectivity index (χ4n) is 2.23. The molecule has 0 spiro atoms. The van der Waals surface area contributed by atoms with Crippen LogP contribution in [-0.4, -0.2) is 67.9 Å². The lowest BCUT2D eigenvalue weighted by Gasteiger charge is -2.35. The van der Waals surface area contributed by atoms with Crippen molar-refractivity contribution in [1.82, 2.24) is 14.2 Å². The van der Waals surface area contributed by atoms with E-state index in [0.29, 0.717) is 32.2 Å². The largest absolute Gasteiger partial charge is 0.464 e. The number of methoxy groups -OCH3 is 1.